The third-order valence-corrected chi connectivity index (χ3v) is 5.40. The topological polar surface area (TPSA) is 41.6 Å². The summed E-state index contributed by atoms with van der Waals surface area (Å²) in [6.45, 7) is 7.69. The summed E-state index contributed by atoms with van der Waals surface area (Å²) in [7, 11) is 0. The first kappa shape index (κ1) is 14.4. The second kappa shape index (κ2) is 5.36. The van der Waals surface area contributed by atoms with E-state index < -0.39 is 0 Å². The summed E-state index contributed by atoms with van der Waals surface area (Å²) in [4.78, 5) is 6.91. The molecule has 1 heterocycles. The van der Waals surface area contributed by atoms with E-state index in [0.29, 0.717) is 5.96 Å². The maximum absolute atomic E-state index is 6.24. The number of anilines is 1. The molecule has 0 saturated heterocycles. The summed E-state index contributed by atoms with van der Waals surface area (Å²) in [5.74, 6) is 2.34. The predicted octanol–water partition coefficient (Wildman–Crippen LogP) is 3.71. The van der Waals surface area contributed by atoms with Gasteiger partial charge in [-0.2, -0.15) is 0 Å². The number of hydrogen-bond acceptors (Lipinski definition) is 3. The van der Waals surface area contributed by atoms with E-state index in [4.69, 9.17) is 5.73 Å². The van der Waals surface area contributed by atoms with Crippen LogP contribution in [-0.4, -0.2) is 18.0 Å². The van der Waals surface area contributed by atoms with Gasteiger partial charge in [0.1, 0.15) is 0 Å². The summed E-state index contributed by atoms with van der Waals surface area (Å²) in [6.07, 6.45) is 4.99. The van der Waals surface area contributed by atoms with Crippen molar-refractivity contribution in [3.63, 3.8) is 0 Å². The molecular weight excluding hydrogens is 258 g/mol. The molecule has 0 radical (unpaired) electrons. The van der Waals surface area contributed by atoms with Crippen LogP contribution in [0.15, 0.2) is 29.3 Å². The molecule has 1 aromatic rings. The molecule has 0 atom stereocenters. The molecule has 2 aliphatic rings. The monoisotopic (exact) mass is 285 g/mol. The van der Waals surface area contributed by atoms with Crippen molar-refractivity contribution in [2.24, 2.45) is 22.6 Å². The number of rotatable bonds is 2. The lowest BCUT2D eigenvalue weighted by molar-refractivity contribution is 0.206. The summed E-state index contributed by atoms with van der Waals surface area (Å²) in [5.41, 5.74) is 8.85. The summed E-state index contributed by atoms with van der Waals surface area (Å²) in [5, 5.41) is 0. The quantitative estimate of drug-likeness (QED) is 0.900. The Morgan fingerprint density at radius 1 is 1.29 bits per heavy atom. The van der Waals surface area contributed by atoms with Crippen LogP contribution in [-0.2, 0) is 0 Å². The van der Waals surface area contributed by atoms with E-state index in [9.17, 15) is 0 Å². The van der Waals surface area contributed by atoms with E-state index in [1.54, 1.807) is 0 Å². The van der Waals surface area contributed by atoms with Gasteiger partial charge in [0.05, 0.1) is 12.1 Å². The lowest BCUT2D eigenvalue weighted by Crippen LogP contribution is -2.54. The fraction of sp³-hybridized carbons (Fsp3) is 0.611. The van der Waals surface area contributed by atoms with Gasteiger partial charge in [0.2, 0.25) is 0 Å². The fourth-order valence-corrected chi connectivity index (χ4v) is 4.01. The zero-order valence-corrected chi connectivity index (χ0v) is 13.5. The zero-order valence-electron chi connectivity index (χ0n) is 13.5. The molecule has 1 aliphatic heterocycles. The standard InChI is InChI=1S/C18H27N3/c1-13(2)15-7-9-18(10-8-15)12-20-17(19)21(18)16-6-4-5-14(3)11-16/h4-6,11,13,15H,7-10,12H2,1-3H3,(H2,19,20). The Hall–Kier alpha value is -1.51. The molecule has 21 heavy (non-hydrogen) atoms. The molecule has 3 rings (SSSR count). The van der Waals surface area contributed by atoms with Gasteiger partial charge in [0, 0.05) is 5.69 Å². The minimum Gasteiger partial charge on any atom is -0.369 e. The first-order chi connectivity index (χ1) is 10.0. The molecule has 1 spiro atoms. The molecule has 0 bridgehead atoms. The Kier molecular flexibility index (Phi) is 3.68. The minimum atomic E-state index is 0.128. The second-order valence-electron chi connectivity index (χ2n) is 7.15. The number of nitrogens with zero attached hydrogens (tertiary/aromatic N) is 2. The van der Waals surface area contributed by atoms with Crippen molar-refractivity contribution >= 4 is 11.6 Å². The maximum Gasteiger partial charge on any atom is 0.196 e. The zero-order chi connectivity index (χ0) is 15.0. The van der Waals surface area contributed by atoms with Crippen molar-refractivity contribution in [2.75, 3.05) is 11.4 Å². The molecule has 0 unspecified atom stereocenters. The SMILES string of the molecule is Cc1cccc(N2C(N)=NCC23CCC(C(C)C)CC3)c1. The summed E-state index contributed by atoms with van der Waals surface area (Å²) < 4.78 is 0. The third-order valence-electron chi connectivity index (χ3n) is 5.40. The van der Waals surface area contributed by atoms with E-state index in [-0.39, 0.29) is 5.54 Å². The first-order valence-corrected chi connectivity index (χ1v) is 8.19. The highest BCUT2D eigenvalue weighted by atomic mass is 15.4. The lowest BCUT2D eigenvalue weighted by atomic mass is 9.72. The van der Waals surface area contributed by atoms with Gasteiger partial charge in [-0.3, -0.25) is 4.99 Å². The number of aryl methyl sites for hydroxylation is 1. The van der Waals surface area contributed by atoms with E-state index >= 15 is 0 Å². The van der Waals surface area contributed by atoms with Crippen molar-refractivity contribution in [3.05, 3.63) is 29.8 Å². The lowest BCUT2D eigenvalue weighted by Gasteiger charge is -2.45. The van der Waals surface area contributed by atoms with Crippen molar-refractivity contribution in [2.45, 2.75) is 52.0 Å². The van der Waals surface area contributed by atoms with Gasteiger partial charge in [0.25, 0.3) is 0 Å². The van der Waals surface area contributed by atoms with Gasteiger partial charge in [-0.25, -0.2) is 0 Å². The number of guanidine groups is 1. The van der Waals surface area contributed by atoms with Crippen LogP contribution in [0, 0.1) is 18.8 Å². The molecule has 0 aromatic heterocycles. The predicted molar refractivity (Wildman–Crippen MR) is 89.7 cm³/mol. The van der Waals surface area contributed by atoms with Gasteiger partial charge in [0.15, 0.2) is 5.96 Å². The average Bonchev–Trinajstić information content (AvgIpc) is 2.76. The number of benzene rings is 1. The summed E-state index contributed by atoms with van der Waals surface area (Å²) in [6, 6.07) is 8.64. The van der Waals surface area contributed by atoms with E-state index in [1.807, 2.05) is 0 Å². The van der Waals surface area contributed by atoms with Gasteiger partial charge in [-0.05, 0) is 62.1 Å². The van der Waals surface area contributed by atoms with Crippen LogP contribution in [0.4, 0.5) is 5.69 Å². The minimum absolute atomic E-state index is 0.128. The van der Waals surface area contributed by atoms with Gasteiger partial charge in [-0.1, -0.05) is 26.0 Å². The smallest absolute Gasteiger partial charge is 0.196 e. The van der Waals surface area contributed by atoms with Crippen molar-refractivity contribution in [3.8, 4) is 0 Å². The Bertz CT molecular complexity index is 539. The van der Waals surface area contributed by atoms with Gasteiger partial charge in [-0.15, -0.1) is 0 Å². The van der Waals surface area contributed by atoms with Gasteiger partial charge >= 0.3 is 0 Å². The van der Waals surface area contributed by atoms with Crippen molar-refractivity contribution in [1.29, 1.82) is 0 Å². The molecule has 114 valence electrons. The largest absolute Gasteiger partial charge is 0.369 e. The van der Waals surface area contributed by atoms with Crippen LogP contribution in [0.25, 0.3) is 0 Å². The molecule has 1 fully saturated rings. The molecule has 1 aliphatic carbocycles. The van der Waals surface area contributed by atoms with Crippen LogP contribution in [0.2, 0.25) is 0 Å². The number of hydrogen-bond donors (Lipinski definition) is 1. The van der Waals surface area contributed by atoms with Crippen molar-refractivity contribution in [1.82, 2.24) is 0 Å². The average molecular weight is 285 g/mol. The number of nitrogens with two attached hydrogens (primary N) is 1. The highest BCUT2D eigenvalue weighted by Crippen LogP contribution is 2.43. The fourth-order valence-electron chi connectivity index (χ4n) is 4.01. The van der Waals surface area contributed by atoms with E-state index in [2.05, 4.69) is 54.9 Å². The molecule has 1 saturated carbocycles. The van der Waals surface area contributed by atoms with Crippen LogP contribution in [0.5, 0.6) is 0 Å². The molecule has 3 heteroatoms. The molecular formula is C18H27N3. The van der Waals surface area contributed by atoms with Gasteiger partial charge < -0.3 is 10.6 Å². The Morgan fingerprint density at radius 3 is 2.62 bits per heavy atom. The molecule has 3 nitrogen and oxygen atoms in total. The first-order valence-electron chi connectivity index (χ1n) is 8.19. The molecule has 0 amide bonds. The van der Waals surface area contributed by atoms with Crippen LogP contribution >= 0.6 is 0 Å². The summed E-state index contributed by atoms with van der Waals surface area (Å²) >= 11 is 0. The van der Waals surface area contributed by atoms with Crippen LogP contribution in [0.3, 0.4) is 0 Å². The Balaban J connectivity index is 1.86. The Morgan fingerprint density at radius 2 is 2.00 bits per heavy atom. The molecule has 1 aromatic carbocycles. The third kappa shape index (κ3) is 2.54. The highest BCUT2D eigenvalue weighted by molar-refractivity contribution is 5.98. The normalized spacial score (nSPS) is 29.2. The van der Waals surface area contributed by atoms with Crippen LogP contribution < -0.4 is 10.6 Å². The van der Waals surface area contributed by atoms with Crippen molar-refractivity contribution < 1.29 is 0 Å². The highest BCUT2D eigenvalue weighted by Gasteiger charge is 2.45. The maximum atomic E-state index is 6.24. The van der Waals surface area contributed by atoms with Crippen LogP contribution in [0.1, 0.15) is 45.1 Å². The van der Waals surface area contributed by atoms with E-state index in [0.717, 1.165) is 18.4 Å². The Labute approximate surface area is 128 Å². The second-order valence-corrected chi connectivity index (χ2v) is 7.15. The van der Waals surface area contributed by atoms with E-state index in [1.165, 1.54) is 36.9 Å². The number of aliphatic imine (C=N–C) groups is 1. The molecule has 2 N–H and O–H groups in total.